The molecule has 2 heterocycles. The van der Waals surface area contributed by atoms with Crippen molar-refractivity contribution in [3.8, 4) is 0 Å². The van der Waals surface area contributed by atoms with E-state index in [9.17, 15) is 4.79 Å². The van der Waals surface area contributed by atoms with Gasteiger partial charge in [0, 0.05) is 25.7 Å². The zero-order chi connectivity index (χ0) is 16.1. The highest BCUT2D eigenvalue weighted by Gasteiger charge is 2.05. The normalized spacial score (nSPS) is 10.7. The number of amides is 1. The SMILES string of the molecule is CCNC(=O)c1ccc(NCCc2nc3ccccc3s2)nc1. The number of anilines is 1. The van der Waals surface area contributed by atoms with E-state index in [1.807, 2.05) is 31.2 Å². The fourth-order valence-electron chi connectivity index (χ4n) is 2.22. The second-order valence-corrected chi connectivity index (χ2v) is 6.16. The number of carbonyl (C=O) groups excluding carboxylic acids is 1. The van der Waals surface area contributed by atoms with E-state index in [0.29, 0.717) is 12.1 Å². The lowest BCUT2D eigenvalue weighted by Crippen LogP contribution is -2.22. The molecular formula is C17H18N4OS. The summed E-state index contributed by atoms with van der Waals surface area (Å²) in [6, 6.07) is 11.8. The number of benzene rings is 1. The van der Waals surface area contributed by atoms with E-state index >= 15 is 0 Å². The topological polar surface area (TPSA) is 66.9 Å². The van der Waals surface area contributed by atoms with Gasteiger partial charge in [0.1, 0.15) is 5.82 Å². The van der Waals surface area contributed by atoms with Crippen LogP contribution in [-0.2, 0) is 6.42 Å². The lowest BCUT2D eigenvalue weighted by molar-refractivity contribution is 0.0955. The fourth-order valence-corrected chi connectivity index (χ4v) is 3.19. The predicted octanol–water partition coefficient (Wildman–Crippen LogP) is 3.10. The molecule has 0 unspecified atom stereocenters. The van der Waals surface area contributed by atoms with Crippen LogP contribution in [0.3, 0.4) is 0 Å². The van der Waals surface area contributed by atoms with E-state index in [-0.39, 0.29) is 5.91 Å². The van der Waals surface area contributed by atoms with Gasteiger partial charge >= 0.3 is 0 Å². The lowest BCUT2D eigenvalue weighted by Gasteiger charge is -2.05. The Kier molecular flexibility index (Phi) is 4.83. The van der Waals surface area contributed by atoms with Gasteiger partial charge < -0.3 is 10.6 Å². The molecule has 23 heavy (non-hydrogen) atoms. The van der Waals surface area contributed by atoms with Crippen LogP contribution in [0.5, 0.6) is 0 Å². The number of fused-ring (bicyclic) bond motifs is 1. The van der Waals surface area contributed by atoms with Crippen molar-refractivity contribution in [2.45, 2.75) is 13.3 Å². The van der Waals surface area contributed by atoms with Gasteiger partial charge in [-0.25, -0.2) is 9.97 Å². The molecule has 0 spiro atoms. The number of thiazole rings is 1. The zero-order valence-electron chi connectivity index (χ0n) is 12.9. The summed E-state index contributed by atoms with van der Waals surface area (Å²) in [5.41, 5.74) is 1.63. The van der Waals surface area contributed by atoms with Crippen LogP contribution in [0.4, 0.5) is 5.82 Å². The van der Waals surface area contributed by atoms with Crippen molar-refractivity contribution in [2.75, 3.05) is 18.4 Å². The molecule has 2 aromatic heterocycles. The highest BCUT2D eigenvalue weighted by molar-refractivity contribution is 7.18. The number of nitrogens with zero attached hydrogens (tertiary/aromatic N) is 2. The van der Waals surface area contributed by atoms with Crippen LogP contribution in [0.1, 0.15) is 22.3 Å². The van der Waals surface area contributed by atoms with Crippen molar-refractivity contribution in [3.05, 3.63) is 53.2 Å². The Morgan fingerprint density at radius 2 is 2.09 bits per heavy atom. The molecule has 3 aromatic rings. The number of nitrogens with one attached hydrogen (secondary N) is 2. The number of aromatic nitrogens is 2. The number of para-hydroxylation sites is 1. The van der Waals surface area contributed by atoms with Gasteiger partial charge in [-0.15, -0.1) is 11.3 Å². The highest BCUT2D eigenvalue weighted by atomic mass is 32.1. The molecule has 5 nitrogen and oxygen atoms in total. The molecule has 0 saturated carbocycles. The highest BCUT2D eigenvalue weighted by Crippen LogP contribution is 2.21. The summed E-state index contributed by atoms with van der Waals surface area (Å²) in [4.78, 5) is 20.5. The summed E-state index contributed by atoms with van der Waals surface area (Å²) in [5.74, 6) is 0.667. The third-order valence-electron chi connectivity index (χ3n) is 3.35. The molecule has 0 saturated heterocycles. The molecule has 0 aliphatic carbocycles. The minimum atomic E-state index is -0.0963. The third-order valence-corrected chi connectivity index (χ3v) is 4.44. The zero-order valence-corrected chi connectivity index (χ0v) is 13.7. The van der Waals surface area contributed by atoms with Gasteiger partial charge in [-0.1, -0.05) is 12.1 Å². The Balaban J connectivity index is 1.55. The monoisotopic (exact) mass is 326 g/mol. The molecule has 0 aliphatic rings. The molecule has 1 aromatic carbocycles. The molecule has 0 aliphatic heterocycles. The van der Waals surface area contributed by atoms with Gasteiger partial charge in [0.05, 0.1) is 20.8 Å². The van der Waals surface area contributed by atoms with E-state index in [0.717, 1.165) is 29.3 Å². The summed E-state index contributed by atoms with van der Waals surface area (Å²) in [5, 5.41) is 7.12. The van der Waals surface area contributed by atoms with Crippen molar-refractivity contribution < 1.29 is 4.79 Å². The Hall–Kier alpha value is -2.47. The number of carbonyl (C=O) groups is 1. The second kappa shape index (κ2) is 7.19. The van der Waals surface area contributed by atoms with Crippen molar-refractivity contribution in [1.29, 1.82) is 0 Å². The van der Waals surface area contributed by atoms with Crippen LogP contribution in [0.2, 0.25) is 0 Å². The molecule has 0 radical (unpaired) electrons. The van der Waals surface area contributed by atoms with Gasteiger partial charge in [-0.2, -0.15) is 0 Å². The molecule has 0 fully saturated rings. The van der Waals surface area contributed by atoms with Crippen LogP contribution >= 0.6 is 11.3 Å². The van der Waals surface area contributed by atoms with E-state index in [1.54, 1.807) is 23.6 Å². The van der Waals surface area contributed by atoms with Crippen LogP contribution < -0.4 is 10.6 Å². The number of pyridine rings is 1. The van der Waals surface area contributed by atoms with Crippen LogP contribution in [0.25, 0.3) is 10.2 Å². The first kappa shape index (κ1) is 15.4. The molecular weight excluding hydrogens is 308 g/mol. The Morgan fingerprint density at radius 1 is 1.22 bits per heavy atom. The lowest BCUT2D eigenvalue weighted by atomic mass is 10.2. The number of hydrogen-bond acceptors (Lipinski definition) is 5. The summed E-state index contributed by atoms with van der Waals surface area (Å²) in [6.45, 7) is 3.26. The predicted molar refractivity (Wildman–Crippen MR) is 94.1 cm³/mol. The van der Waals surface area contributed by atoms with Crippen LogP contribution in [-0.4, -0.2) is 29.0 Å². The van der Waals surface area contributed by atoms with Crippen molar-refractivity contribution in [1.82, 2.24) is 15.3 Å². The standard InChI is InChI=1S/C17H18N4OS/c1-2-18-17(22)12-7-8-15(20-11-12)19-10-9-16-21-13-5-3-4-6-14(13)23-16/h3-8,11H,2,9-10H2,1H3,(H,18,22)(H,19,20). The van der Waals surface area contributed by atoms with Gasteiger partial charge in [0.25, 0.3) is 5.91 Å². The maximum absolute atomic E-state index is 11.7. The van der Waals surface area contributed by atoms with E-state index in [4.69, 9.17) is 0 Å². The summed E-state index contributed by atoms with van der Waals surface area (Å²) in [7, 11) is 0. The molecule has 118 valence electrons. The first-order valence-corrected chi connectivity index (χ1v) is 8.40. The second-order valence-electron chi connectivity index (χ2n) is 5.04. The quantitative estimate of drug-likeness (QED) is 0.730. The third kappa shape index (κ3) is 3.84. The number of hydrogen-bond donors (Lipinski definition) is 2. The Bertz CT molecular complexity index is 765. The van der Waals surface area contributed by atoms with Crippen molar-refractivity contribution in [3.63, 3.8) is 0 Å². The van der Waals surface area contributed by atoms with Gasteiger partial charge in [-0.3, -0.25) is 4.79 Å². The van der Waals surface area contributed by atoms with E-state index in [1.165, 1.54) is 4.70 Å². The summed E-state index contributed by atoms with van der Waals surface area (Å²) >= 11 is 1.72. The summed E-state index contributed by atoms with van der Waals surface area (Å²) < 4.78 is 1.21. The fraction of sp³-hybridized carbons (Fsp3) is 0.235. The largest absolute Gasteiger partial charge is 0.370 e. The Morgan fingerprint density at radius 3 is 2.83 bits per heavy atom. The van der Waals surface area contributed by atoms with Crippen molar-refractivity contribution in [2.24, 2.45) is 0 Å². The average molecular weight is 326 g/mol. The molecule has 0 atom stereocenters. The molecule has 6 heteroatoms. The van der Waals surface area contributed by atoms with Crippen LogP contribution in [0.15, 0.2) is 42.6 Å². The average Bonchev–Trinajstić information content (AvgIpc) is 2.98. The minimum Gasteiger partial charge on any atom is -0.370 e. The smallest absolute Gasteiger partial charge is 0.252 e. The molecule has 0 bridgehead atoms. The van der Waals surface area contributed by atoms with Crippen molar-refractivity contribution >= 4 is 33.3 Å². The molecule has 2 N–H and O–H groups in total. The summed E-state index contributed by atoms with van der Waals surface area (Å²) in [6.07, 6.45) is 2.43. The maximum Gasteiger partial charge on any atom is 0.252 e. The van der Waals surface area contributed by atoms with Gasteiger partial charge in [0.15, 0.2) is 0 Å². The van der Waals surface area contributed by atoms with Gasteiger partial charge in [0.2, 0.25) is 0 Å². The molecule has 3 rings (SSSR count). The Labute approximate surface area is 138 Å². The van der Waals surface area contributed by atoms with E-state index in [2.05, 4.69) is 26.7 Å². The minimum absolute atomic E-state index is 0.0963. The maximum atomic E-state index is 11.7. The van der Waals surface area contributed by atoms with Crippen LogP contribution in [0, 0.1) is 0 Å². The molecule has 1 amide bonds. The number of rotatable bonds is 6. The first-order chi connectivity index (χ1) is 11.3. The van der Waals surface area contributed by atoms with E-state index < -0.39 is 0 Å². The first-order valence-electron chi connectivity index (χ1n) is 7.59. The van der Waals surface area contributed by atoms with Gasteiger partial charge in [-0.05, 0) is 31.2 Å².